The van der Waals surface area contributed by atoms with Gasteiger partial charge in [0.2, 0.25) is 0 Å². The number of aromatic nitrogens is 2. The Morgan fingerprint density at radius 2 is 1.81 bits per heavy atom. The highest BCUT2D eigenvalue weighted by atomic mass is 32.1. The predicted octanol–water partition coefficient (Wildman–Crippen LogP) is 8.07. The molecule has 0 bridgehead atoms. The summed E-state index contributed by atoms with van der Waals surface area (Å²) in [5.41, 5.74) is 2.59. The number of likely N-dealkylation sites (tertiary alicyclic amines) is 1. The highest BCUT2D eigenvalue weighted by Crippen LogP contribution is 2.47. The van der Waals surface area contributed by atoms with Gasteiger partial charge in [-0.1, -0.05) is 6.07 Å². The lowest BCUT2D eigenvalue weighted by molar-refractivity contribution is -0.184. The summed E-state index contributed by atoms with van der Waals surface area (Å²) in [5, 5.41) is 11.8. The van der Waals surface area contributed by atoms with Gasteiger partial charge in [0.25, 0.3) is 0 Å². The van der Waals surface area contributed by atoms with E-state index in [1.165, 1.54) is 20.0 Å². The van der Waals surface area contributed by atoms with Gasteiger partial charge in [0.1, 0.15) is 34.4 Å². The number of thiophene rings is 1. The van der Waals surface area contributed by atoms with Gasteiger partial charge in [0, 0.05) is 48.6 Å². The minimum absolute atomic E-state index is 0.0444. The van der Waals surface area contributed by atoms with Gasteiger partial charge in [0.05, 0.1) is 22.9 Å². The van der Waals surface area contributed by atoms with Crippen molar-refractivity contribution in [3.05, 3.63) is 41.0 Å². The summed E-state index contributed by atoms with van der Waals surface area (Å²) in [7, 11) is 1.23. The second-order valence-corrected chi connectivity index (χ2v) is 13.5. The number of nitrogens with one attached hydrogen (secondary N) is 1. The SMILES string of the molecule is CCNc1nc(OC)nc2c(F)c(-c3ccc(F)c4sc(N)c(C#N)c34)c(C(F)(F)F)cc12.FC1CC2CCCN2C1.O=C(N1CCCC1)C(F)(F)F. The van der Waals surface area contributed by atoms with Crippen LogP contribution in [0.15, 0.2) is 18.2 Å². The van der Waals surface area contributed by atoms with Gasteiger partial charge in [-0.05, 0) is 63.3 Å². The molecule has 0 aliphatic carbocycles. The van der Waals surface area contributed by atoms with Crippen LogP contribution in [-0.4, -0.2) is 83.9 Å². The average Bonchev–Trinajstić information content (AvgIpc) is 3.90. The van der Waals surface area contributed by atoms with Crippen molar-refractivity contribution < 1.29 is 49.0 Å². The number of benzene rings is 2. The number of anilines is 2. The number of alkyl halides is 7. The van der Waals surface area contributed by atoms with Crippen LogP contribution in [0.2, 0.25) is 0 Å². The molecule has 7 rings (SSSR count). The zero-order valence-corrected chi connectivity index (χ0v) is 29.2. The average molecular weight is 776 g/mol. The maximum absolute atomic E-state index is 15.9. The predicted molar refractivity (Wildman–Crippen MR) is 181 cm³/mol. The number of nitriles is 1. The molecule has 4 aromatic rings. The molecule has 3 aliphatic heterocycles. The maximum atomic E-state index is 15.9. The van der Waals surface area contributed by atoms with Gasteiger partial charge in [0.15, 0.2) is 5.82 Å². The van der Waals surface area contributed by atoms with E-state index < -0.39 is 52.7 Å². The Bertz CT molecular complexity index is 2010. The third-order valence-corrected chi connectivity index (χ3v) is 10.1. The number of nitrogens with zero attached hydrogens (tertiary/aromatic N) is 5. The van der Waals surface area contributed by atoms with Crippen molar-refractivity contribution in [1.29, 1.82) is 5.26 Å². The molecule has 5 heterocycles. The van der Waals surface area contributed by atoms with E-state index in [-0.39, 0.29) is 63.1 Å². The van der Waals surface area contributed by atoms with Crippen LogP contribution in [0.25, 0.3) is 32.1 Å². The van der Waals surface area contributed by atoms with E-state index in [4.69, 9.17) is 10.5 Å². The highest BCUT2D eigenvalue weighted by Gasteiger charge is 2.43. The summed E-state index contributed by atoms with van der Waals surface area (Å²) in [6, 6.07) is 4.75. The van der Waals surface area contributed by atoms with E-state index >= 15 is 4.39 Å². The van der Waals surface area contributed by atoms with Crippen molar-refractivity contribution in [2.24, 2.45) is 0 Å². The second kappa shape index (κ2) is 15.8. The van der Waals surface area contributed by atoms with E-state index in [0.29, 0.717) is 36.8 Å². The Labute approximate surface area is 301 Å². The number of halogens is 9. The smallest absolute Gasteiger partial charge is 0.467 e. The largest absolute Gasteiger partial charge is 0.471 e. The number of fused-ring (bicyclic) bond motifs is 3. The number of ether oxygens (including phenoxy) is 1. The number of carbonyl (C=O) groups excluding carboxylic acids is 1. The molecule has 1 amide bonds. The molecular weight excluding hydrogens is 741 g/mol. The van der Waals surface area contributed by atoms with Crippen LogP contribution < -0.4 is 15.8 Å². The molecule has 2 atom stereocenters. The Morgan fingerprint density at radius 3 is 2.40 bits per heavy atom. The zero-order chi connectivity index (χ0) is 38.8. The maximum Gasteiger partial charge on any atom is 0.471 e. The first kappa shape index (κ1) is 39.6. The molecular formula is C34H34F9N7O2S. The molecule has 2 unspecified atom stereocenters. The van der Waals surface area contributed by atoms with Crippen LogP contribution in [0, 0.1) is 23.0 Å². The summed E-state index contributed by atoms with van der Waals surface area (Å²) in [5.74, 6) is -3.85. The summed E-state index contributed by atoms with van der Waals surface area (Å²) in [6.07, 6.45) is -5.51. The standard InChI is InChI=1S/C21H14F5N5OS.C7H12FN.C6H8F3NO/c1-3-29-19-9-6-11(21(24,25)26)14(15(23)16(9)30-20(31-19)32-2)8-4-5-12(22)17-13(8)10(7-27)18(28)33-17;8-6-4-7-2-1-3-9(7)5-6;7-6(8,9)5(11)10-3-1-2-4-10/h4-6H,3,28H2,1-2H3,(H,29,30,31);6-7H,1-5H2;1-4H2. The molecule has 2 aromatic heterocycles. The van der Waals surface area contributed by atoms with Crippen LogP contribution in [0.5, 0.6) is 6.01 Å². The number of hydrogen-bond donors (Lipinski definition) is 2. The number of nitrogens with two attached hydrogens (primary N) is 1. The molecule has 3 saturated heterocycles. The van der Waals surface area contributed by atoms with Gasteiger partial charge in [-0.25, -0.2) is 13.2 Å². The molecule has 0 saturated carbocycles. The number of hydrogen-bond acceptors (Lipinski definition) is 9. The van der Waals surface area contributed by atoms with E-state index in [0.717, 1.165) is 36.1 Å². The fraction of sp³-hybridized carbons (Fsp3) is 0.471. The molecule has 3 fully saturated rings. The lowest BCUT2D eigenvalue weighted by Crippen LogP contribution is -2.39. The topological polar surface area (TPSA) is 120 Å². The van der Waals surface area contributed by atoms with Crippen molar-refractivity contribution in [2.45, 2.75) is 63.6 Å². The van der Waals surface area contributed by atoms with Gasteiger partial charge < -0.3 is 20.7 Å². The Hall–Kier alpha value is -4.57. The number of rotatable bonds is 4. The van der Waals surface area contributed by atoms with E-state index in [1.54, 1.807) is 13.0 Å². The van der Waals surface area contributed by atoms with Crippen LogP contribution >= 0.6 is 11.3 Å². The monoisotopic (exact) mass is 775 g/mol. The lowest BCUT2D eigenvalue weighted by atomic mass is 9.92. The number of methoxy groups -OCH3 is 1. The molecule has 3 aliphatic rings. The fourth-order valence-corrected chi connectivity index (χ4v) is 7.67. The Balaban J connectivity index is 0.000000217. The first-order valence-corrected chi connectivity index (χ1v) is 17.4. The van der Waals surface area contributed by atoms with Gasteiger partial charge in [-0.15, -0.1) is 11.3 Å². The molecule has 19 heteroatoms. The normalized spacial score (nSPS) is 18.6. The Kier molecular flexibility index (Phi) is 11.8. The molecule has 0 radical (unpaired) electrons. The molecule has 53 heavy (non-hydrogen) atoms. The minimum Gasteiger partial charge on any atom is -0.467 e. The van der Waals surface area contributed by atoms with E-state index in [9.17, 15) is 45.2 Å². The number of carbonyl (C=O) groups is 1. The molecule has 9 nitrogen and oxygen atoms in total. The molecule has 2 aromatic carbocycles. The first-order chi connectivity index (χ1) is 25.0. The molecule has 0 spiro atoms. The quantitative estimate of drug-likeness (QED) is 0.200. The minimum atomic E-state index is -5.00. The zero-order valence-electron chi connectivity index (χ0n) is 28.4. The fourth-order valence-electron chi connectivity index (χ4n) is 6.72. The van der Waals surface area contributed by atoms with Crippen molar-refractivity contribution in [3.63, 3.8) is 0 Å². The van der Waals surface area contributed by atoms with Crippen molar-refractivity contribution >= 4 is 49.1 Å². The highest BCUT2D eigenvalue weighted by molar-refractivity contribution is 7.23. The molecule has 3 N–H and O–H groups in total. The van der Waals surface area contributed by atoms with Crippen molar-refractivity contribution in [3.8, 4) is 23.2 Å². The van der Waals surface area contributed by atoms with Crippen LogP contribution in [0.4, 0.5) is 50.3 Å². The summed E-state index contributed by atoms with van der Waals surface area (Å²) in [4.78, 5) is 21.5. The van der Waals surface area contributed by atoms with E-state index in [1.807, 2.05) is 0 Å². The van der Waals surface area contributed by atoms with Gasteiger partial charge >= 0.3 is 24.3 Å². The van der Waals surface area contributed by atoms with Crippen LogP contribution in [0.3, 0.4) is 0 Å². The Morgan fingerprint density at radius 1 is 1.11 bits per heavy atom. The summed E-state index contributed by atoms with van der Waals surface area (Å²) >= 11 is 0.698. The molecule has 286 valence electrons. The van der Waals surface area contributed by atoms with Crippen LogP contribution in [-0.2, 0) is 11.0 Å². The number of nitrogen functional groups attached to an aromatic ring is 1. The summed E-state index contributed by atoms with van der Waals surface area (Å²) in [6.45, 7) is 4.33. The van der Waals surface area contributed by atoms with Gasteiger partial charge in [-0.2, -0.15) is 41.6 Å². The van der Waals surface area contributed by atoms with Crippen molar-refractivity contribution in [2.75, 3.05) is 50.9 Å². The van der Waals surface area contributed by atoms with Crippen LogP contribution in [0.1, 0.15) is 50.2 Å². The first-order valence-electron chi connectivity index (χ1n) is 16.5. The second-order valence-electron chi connectivity index (χ2n) is 12.5. The third kappa shape index (κ3) is 8.33. The van der Waals surface area contributed by atoms with Crippen molar-refractivity contribution in [1.82, 2.24) is 19.8 Å². The third-order valence-electron chi connectivity index (χ3n) is 9.04. The van der Waals surface area contributed by atoms with E-state index in [2.05, 4.69) is 20.2 Å². The van der Waals surface area contributed by atoms with Gasteiger partial charge in [-0.3, -0.25) is 9.69 Å². The lowest BCUT2D eigenvalue weighted by Gasteiger charge is -2.18. The summed E-state index contributed by atoms with van der Waals surface area (Å²) < 4.78 is 125. The number of amides is 1.